The Labute approximate surface area is 200 Å². The fourth-order valence-electron chi connectivity index (χ4n) is 3.67. The average Bonchev–Trinajstić information content (AvgIpc) is 3.16. The zero-order valence-electron chi connectivity index (χ0n) is 18.3. The highest BCUT2D eigenvalue weighted by atomic mass is 35.5. The first-order valence-electron chi connectivity index (χ1n) is 10.4. The second-order valence-electron chi connectivity index (χ2n) is 7.45. The molecule has 2 aromatic carbocycles. The van der Waals surface area contributed by atoms with Gasteiger partial charge in [0.2, 0.25) is 0 Å². The van der Waals surface area contributed by atoms with Crippen molar-refractivity contribution in [3.8, 4) is 5.69 Å². The lowest BCUT2D eigenvalue weighted by Gasteiger charge is -2.14. The van der Waals surface area contributed by atoms with E-state index in [9.17, 15) is 9.59 Å². The number of benzene rings is 2. The first-order valence-corrected chi connectivity index (χ1v) is 10.8. The van der Waals surface area contributed by atoms with Crippen LogP contribution in [0.15, 0.2) is 92.1 Å². The molecule has 1 N–H and O–H groups in total. The predicted octanol–water partition coefficient (Wildman–Crippen LogP) is 4.09. The number of aromatic nitrogens is 3. The van der Waals surface area contributed by atoms with Crippen molar-refractivity contribution in [2.24, 2.45) is 9.98 Å². The second kappa shape index (κ2) is 10.3. The summed E-state index contributed by atoms with van der Waals surface area (Å²) in [5, 5.41) is 3.72. The number of hydrogen-bond acceptors (Lipinski definition) is 5. The summed E-state index contributed by atoms with van der Waals surface area (Å²) in [4.78, 5) is 34.2. The Hall–Kier alpha value is -4.01. The number of fused-ring (bicyclic) bond motifs is 1. The van der Waals surface area contributed by atoms with Crippen LogP contribution < -0.4 is 11.1 Å². The average molecular weight is 476 g/mol. The van der Waals surface area contributed by atoms with E-state index >= 15 is 0 Å². The lowest BCUT2D eigenvalue weighted by molar-refractivity contribution is 0.103. The molecular weight excluding hydrogens is 454 g/mol. The number of hydrogen-bond donors (Lipinski definition) is 1. The Morgan fingerprint density at radius 3 is 2.50 bits per heavy atom. The van der Waals surface area contributed by atoms with Crippen LogP contribution in [0.2, 0.25) is 5.02 Å². The van der Waals surface area contributed by atoms with Crippen molar-refractivity contribution in [3.05, 3.63) is 110 Å². The molecule has 0 radical (unpaired) electrons. The van der Waals surface area contributed by atoms with Crippen LogP contribution in [0.5, 0.6) is 0 Å². The van der Waals surface area contributed by atoms with Crippen LogP contribution >= 0.6 is 11.6 Å². The molecular formula is C25H22ClN5O3. The molecule has 0 spiro atoms. The van der Waals surface area contributed by atoms with Gasteiger partial charge in [-0.05, 0) is 31.1 Å². The number of H-pyrrole nitrogens is 1. The first kappa shape index (κ1) is 23.2. The molecule has 4 aromatic rings. The molecule has 0 unspecified atom stereocenters. The van der Waals surface area contributed by atoms with E-state index in [4.69, 9.17) is 16.3 Å². The summed E-state index contributed by atoms with van der Waals surface area (Å²) in [6.45, 7) is 7.34. The SMILES string of the molecule is C=N/C=C(/Cn1c(COCc2ccccc2)c2c(=O)n(-c3ccccc3Cl)[nH]c2cc1=O)N=C. The van der Waals surface area contributed by atoms with Crippen molar-refractivity contribution in [1.29, 1.82) is 0 Å². The number of para-hydroxylation sites is 1. The van der Waals surface area contributed by atoms with Crippen molar-refractivity contribution in [1.82, 2.24) is 14.3 Å². The topological polar surface area (TPSA) is 93.7 Å². The van der Waals surface area contributed by atoms with Gasteiger partial charge in [0.1, 0.15) is 0 Å². The minimum Gasteiger partial charge on any atom is -0.371 e. The van der Waals surface area contributed by atoms with Gasteiger partial charge in [0.05, 0.1) is 52.8 Å². The molecule has 0 amide bonds. The molecule has 2 heterocycles. The lowest BCUT2D eigenvalue weighted by atomic mass is 10.2. The van der Waals surface area contributed by atoms with Gasteiger partial charge >= 0.3 is 0 Å². The number of halogens is 1. The fourth-order valence-corrected chi connectivity index (χ4v) is 3.89. The highest BCUT2D eigenvalue weighted by molar-refractivity contribution is 6.32. The van der Waals surface area contributed by atoms with Crippen molar-refractivity contribution in [2.75, 3.05) is 0 Å². The summed E-state index contributed by atoms with van der Waals surface area (Å²) in [6.07, 6.45) is 1.41. The van der Waals surface area contributed by atoms with E-state index < -0.39 is 0 Å². The van der Waals surface area contributed by atoms with Gasteiger partial charge < -0.3 is 9.30 Å². The van der Waals surface area contributed by atoms with Gasteiger partial charge in [0, 0.05) is 12.3 Å². The first-order chi connectivity index (χ1) is 16.5. The number of aromatic amines is 1. The van der Waals surface area contributed by atoms with Crippen molar-refractivity contribution >= 4 is 35.9 Å². The molecule has 9 heteroatoms. The smallest absolute Gasteiger partial charge is 0.281 e. The molecule has 0 bridgehead atoms. The largest absolute Gasteiger partial charge is 0.371 e. The maximum absolute atomic E-state index is 13.5. The lowest BCUT2D eigenvalue weighted by Crippen LogP contribution is -2.26. The third-order valence-electron chi connectivity index (χ3n) is 5.27. The van der Waals surface area contributed by atoms with Gasteiger partial charge in [-0.2, -0.15) is 0 Å². The van der Waals surface area contributed by atoms with Gasteiger partial charge in [-0.25, -0.2) is 4.68 Å². The number of aliphatic imine (C=N–C) groups is 2. The summed E-state index contributed by atoms with van der Waals surface area (Å²) in [5.74, 6) is 0. The van der Waals surface area contributed by atoms with Crippen molar-refractivity contribution < 1.29 is 4.74 Å². The standard InChI is InChI=1S/C25H22ClN5O3/c1-27-13-18(28-2)14-30-22(16-34-15-17-8-4-3-5-9-17)24-20(12-23(30)32)29-31(25(24)33)21-11-7-6-10-19(21)26/h3-13,29H,1-2,14-16H2/b18-13-. The maximum atomic E-state index is 13.5. The second-order valence-corrected chi connectivity index (χ2v) is 7.85. The molecule has 0 saturated heterocycles. The normalized spacial score (nSPS) is 11.6. The van der Waals surface area contributed by atoms with Gasteiger partial charge in [-0.15, -0.1) is 0 Å². The van der Waals surface area contributed by atoms with E-state index in [1.54, 1.807) is 24.3 Å². The Bertz CT molecular complexity index is 1500. The highest BCUT2D eigenvalue weighted by Crippen LogP contribution is 2.21. The number of allylic oxidation sites excluding steroid dienone is 1. The Kier molecular flexibility index (Phi) is 7.01. The van der Waals surface area contributed by atoms with Crippen LogP contribution in [0.3, 0.4) is 0 Å². The molecule has 0 fully saturated rings. The molecule has 0 aliphatic carbocycles. The number of pyridine rings is 1. The quantitative estimate of drug-likeness (QED) is 0.369. The van der Waals surface area contributed by atoms with E-state index in [0.717, 1.165) is 5.56 Å². The zero-order chi connectivity index (χ0) is 24.1. The van der Waals surface area contributed by atoms with Crippen molar-refractivity contribution in [3.63, 3.8) is 0 Å². The molecule has 0 aliphatic rings. The Morgan fingerprint density at radius 1 is 1.06 bits per heavy atom. The molecule has 34 heavy (non-hydrogen) atoms. The summed E-state index contributed by atoms with van der Waals surface area (Å²) in [5.41, 5.74) is 1.96. The molecule has 4 rings (SSSR count). The van der Waals surface area contributed by atoms with Gasteiger partial charge in [0.25, 0.3) is 11.1 Å². The van der Waals surface area contributed by atoms with Crippen LogP contribution in [0.4, 0.5) is 0 Å². The predicted molar refractivity (Wildman–Crippen MR) is 135 cm³/mol. The summed E-state index contributed by atoms with van der Waals surface area (Å²) in [7, 11) is 0. The third-order valence-corrected chi connectivity index (χ3v) is 5.59. The Balaban J connectivity index is 1.86. The summed E-state index contributed by atoms with van der Waals surface area (Å²) >= 11 is 6.32. The van der Waals surface area contributed by atoms with E-state index in [-0.39, 0.29) is 24.3 Å². The van der Waals surface area contributed by atoms with E-state index in [2.05, 4.69) is 28.5 Å². The van der Waals surface area contributed by atoms with Gasteiger partial charge in [-0.3, -0.25) is 24.7 Å². The van der Waals surface area contributed by atoms with Gasteiger partial charge in [0.15, 0.2) is 0 Å². The molecule has 0 saturated carbocycles. The maximum Gasteiger partial charge on any atom is 0.281 e. The Morgan fingerprint density at radius 2 is 1.79 bits per heavy atom. The van der Waals surface area contributed by atoms with Crippen LogP contribution in [0.1, 0.15) is 11.3 Å². The monoisotopic (exact) mass is 475 g/mol. The molecule has 172 valence electrons. The number of rotatable bonds is 9. The van der Waals surface area contributed by atoms with Crippen molar-refractivity contribution in [2.45, 2.75) is 19.8 Å². The van der Waals surface area contributed by atoms with Crippen LogP contribution in [0, 0.1) is 0 Å². The van der Waals surface area contributed by atoms with E-state index in [0.29, 0.717) is 39.6 Å². The molecule has 0 aliphatic heterocycles. The molecule has 8 nitrogen and oxygen atoms in total. The molecule has 2 aromatic heterocycles. The summed E-state index contributed by atoms with van der Waals surface area (Å²) in [6, 6.07) is 17.9. The minimum atomic E-state index is -0.353. The van der Waals surface area contributed by atoms with Gasteiger partial charge in [-0.1, -0.05) is 54.1 Å². The van der Waals surface area contributed by atoms with E-state index in [1.165, 1.54) is 21.5 Å². The third kappa shape index (κ3) is 4.68. The number of nitrogens with zero attached hydrogens (tertiary/aromatic N) is 4. The molecule has 0 atom stereocenters. The highest BCUT2D eigenvalue weighted by Gasteiger charge is 2.19. The number of nitrogens with one attached hydrogen (secondary N) is 1. The van der Waals surface area contributed by atoms with Crippen LogP contribution in [0.25, 0.3) is 16.6 Å². The minimum absolute atomic E-state index is 0.0169. The van der Waals surface area contributed by atoms with Crippen LogP contribution in [-0.4, -0.2) is 27.8 Å². The van der Waals surface area contributed by atoms with Crippen LogP contribution in [-0.2, 0) is 24.5 Å². The summed E-state index contributed by atoms with van der Waals surface area (Å²) < 4.78 is 8.69. The zero-order valence-corrected chi connectivity index (χ0v) is 19.0. The van der Waals surface area contributed by atoms with E-state index in [1.807, 2.05) is 30.3 Å². The number of ether oxygens (including phenoxy) is 1. The fraction of sp³-hybridized carbons (Fsp3) is 0.120.